The van der Waals surface area contributed by atoms with Crippen LogP contribution < -0.4 is 19.7 Å². The van der Waals surface area contributed by atoms with Crippen LogP contribution in [0.5, 0.6) is 11.5 Å². The zero-order valence-corrected chi connectivity index (χ0v) is 18.9. The first kappa shape index (κ1) is 23.1. The summed E-state index contributed by atoms with van der Waals surface area (Å²) in [5.74, 6) is -1.73. The number of halogens is 1. The van der Waals surface area contributed by atoms with E-state index in [9.17, 15) is 14.0 Å². The molecule has 3 aromatic rings. The molecule has 176 valence electrons. The highest BCUT2D eigenvalue weighted by molar-refractivity contribution is 6.39. The number of ether oxygens (including phenoxy) is 2. The lowest BCUT2D eigenvalue weighted by molar-refractivity contribution is -0.131. The number of anilines is 2. The highest BCUT2D eigenvalue weighted by Gasteiger charge is 2.24. The van der Waals surface area contributed by atoms with Gasteiger partial charge in [-0.05, 0) is 42.8 Å². The van der Waals surface area contributed by atoms with E-state index < -0.39 is 17.6 Å². The van der Waals surface area contributed by atoms with Crippen molar-refractivity contribution in [1.29, 1.82) is 0 Å². The summed E-state index contributed by atoms with van der Waals surface area (Å²) >= 11 is 0. The second-order valence-corrected chi connectivity index (χ2v) is 8.17. The number of carboxylic acid groups (broad SMARTS) is 1. The highest BCUT2D eigenvalue weighted by atomic mass is 19.1. The van der Waals surface area contributed by atoms with Crippen molar-refractivity contribution < 1.29 is 28.6 Å². The van der Waals surface area contributed by atoms with Gasteiger partial charge in [0.15, 0.2) is 0 Å². The third kappa shape index (κ3) is 5.11. The number of aliphatic carboxylic acids is 1. The van der Waals surface area contributed by atoms with Crippen LogP contribution in [-0.4, -0.2) is 43.2 Å². The summed E-state index contributed by atoms with van der Waals surface area (Å²) in [4.78, 5) is 24.7. The number of fused-ring (bicyclic) bond motifs is 1. The van der Waals surface area contributed by atoms with Crippen molar-refractivity contribution >= 4 is 23.1 Å². The van der Waals surface area contributed by atoms with Crippen LogP contribution in [0.1, 0.15) is 21.5 Å². The van der Waals surface area contributed by atoms with Gasteiger partial charge in [0.2, 0.25) is 0 Å². The molecule has 7 nitrogen and oxygen atoms in total. The Morgan fingerprint density at radius 1 is 1.18 bits per heavy atom. The van der Waals surface area contributed by atoms with Crippen LogP contribution >= 0.6 is 0 Å². The van der Waals surface area contributed by atoms with E-state index in [4.69, 9.17) is 14.6 Å². The van der Waals surface area contributed by atoms with Crippen LogP contribution in [-0.2, 0) is 11.3 Å². The zero-order chi connectivity index (χ0) is 24.2. The monoisotopic (exact) mass is 464 g/mol. The van der Waals surface area contributed by atoms with Gasteiger partial charge < -0.3 is 24.8 Å². The summed E-state index contributed by atoms with van der Waals surface area (Å²) < 4.78 is 26.7. The van der Waals surface area contributed by atoms with E-state index in [0.29, 0.717) is 29.1 Å². The number of nitrogens with zero attached hydrogens (tertiary/aromatic N) is 1. The molecule has 0 saturated heterocycles. The summed E-state index contributed by atoms with van der Waals surface area (Å²) in [5, 5.41) is 11.9. The fourth-order valence-corrected chi connectivity index (χ4v) is 3.90. The molecule has 2 N–H and O–H groups in total. The standard InChI is InChI=1S/C26H25FN2O5/c1-16-10-19(33-15-20-14-29(2)23-8-3-4-9-24(23)34-20)12-22(27)21(16)13-28-18-7-5-6-17(11-18)25(30)26(31)32/h3-12,20,28H,13-15H2,1-2H3,(H,31,32)/t20-/m0/s1. The Hall–Kier alpha value is -4.07. The summed E-state index contributed by atoms with van der Waals surface area (Å²) in [5.41, 5.74) is 2.74. The molecule has 0 aliphatic carbocycles. The number of carbonyl (C=O) groups excluding carboxylic acids is 1. The molecule has 0 saturated carbocycles. The van der Waals surface area contributed by atoms with Crippen molar-refractivity contribution in [2.75, 3.05) is 30.4 Å². The molecule has 0 fully saturated rings. The van der Waals surface area contributed by atoms with Crippen molar-refractivity contribution in [2.24, 2.45) is 0 Å². The van der Waals surface area contributed by atoms with Crippen molar-refractivity contribution in [3.63, 3.8) is 0 Å². The Morgan fingerprint density at radius 2 is 1.97 bits per heavy atom. The first-order valence-corrected chi connectivity index (χ1v) is 10.8. The third-order valence-electron chi connectivity index (χ3n) is 5.66. The van der Waals surface area contributed by atoms with E-state index in [1.54, 1.807) is 25.1 Å². The van der Waals surface area contributed by atoms with Crippen LogP contribution in [0.3, 0.4) is 0 Å². The molecule has 0 amide bonds. The molecule has 0 radical (unpaired) electrons. The maximum atomic E-state index is 14.9. The molecule has 8 heteroatoms. The number of benzene rings is 3. The number of likely N-dealkylation sites (N-methyl/N-ethyl adjacent to an activating group) is 1. The number of rotatable bonds is 8. The van der Waals surface area contributed by atoms with E-state index in [2.05, 4.69) is 10.2 Å². The average Bonchev–Trinajstić information content (AvgIpc) is 2.82. The summed E-state index contributed by atoms with van der Waals surface area (Å²) in [6, 6.07) is 17.0. The fourth-order valence-electron chi connectivity index (χ4n) is 3.90. The maximum absolute atomic E-state index is 14.9. The van der Waals surface area contributed by atoms with E-state index in [1.807, 2.05) is 31.3 Å². The number of para-hydroxylation sites is 2. The quantitative estimate of drug-likeness (QED) is 0.380. The number of nitrogens with one attached hydrogen (secondary N) is 1. The molecule has 1 heterocycles. The number of carbonyl (C=O) groups is 2. The molecule has 3 aromatic carbocycles. The predicted octanol–water partition coefficient (Wildman–Crippen LogP) is 4.29. The Kier molecular flexibility index (Phi) is 6.67. The largest absolute Gasteiger partial charge is 0.490 e. The molecule has 1 aliphatic rings. The molecular formula is C26H25FN2O5. The summed E-state index contributed by atoms with van der Waals surface area (Å²) in [6.07, 6.45) is -0.189. The number of Topliss-reactive ketones (excluding diaryl/α,β-unsaturated/α-hetero) is 1. The van der Waals surface area contributed by atoms with E-state index in [1.165, 1.54) is 18.2 Å². The molecule has 1 aliphatic heterocycles. The van der Waals surface area contributed by atoms with Crippen LogP contribution in [0.25, 0.3) is 0 Å². The van der Waals surface area contributed by atoms with Gasteiger partial charge in [-0.3, -0.25) is 4.79 Å². The topological polar surface area (TPSA) is 88.1 Å². The number of hydrogen-bond acceptors (Lipinski definition) is 6. The average molecular weight is 464 g/mol. The van der Waals surface area contributed by atoms with Gasteiger partial charge in [0.1, 0.15) is 30.0 Å². The molecule has 4 rings (SSSR count). The molecule has 1 atom stereocenters. The Bertz CT molecular complexity index is 1210. The lowest BCUT2D eigenvalue weighted by atomic mass is 10.1. The molecule has 34 heavy (non-hydrogen) atoms. The zero-order valence-electron chi connectivity index (χ0n) is 18.9. The lowest BCUT2D eigenvalue weighted by Crippen LogP contribution is -2.41. The minimum atomic E-state index is -1.52. The third-order valence-corrected chi connectivity index (χ3v) is 5.66. The number of hydrogen-bond donors (Lipinski definition) is 2. The number of carboxylic acids is 1. The minimum Gasteiger partial charge on any atom is -0.490 e. The van der Waals surface area contributed by atoms with Gasteiger partial charge in [-0.25, -0.2) is 9.18 Å². The van der Waals surface area contributed by atoms with Crippen molar-refractivity contribution in [3.05, 3.63) is 83.2 Å². The number of ketones is 1. The van der Waals surface area contributed by atoms with Crippen LogP contribution in [0.2, 0.25) is 0 Å². The Morgan fingerprint density at radius 3 is 2.74 bits per heavy atom. The Labute approximate surface area is 196 Å². The van der Waals surface area contributed by atoms with Gasteiger partial charge in [0.25, 0.3) is 5.78 Å². The Balaban J connectivity index is 1.38. The van der Waals surface area contributed by atoms with Crippen molar-refractivity contribution in [1.82, 2.24) is 0 Å². The number of aryl methyl sites for hydroxylation is 1. The second-order valence-electron chi connectivity index (χ2n) is 8.17. The van der Waals surface area contributed by atoms with Crippen LogP contribution in [0.4, 0.5) is 15.8 Å². The van der Waals surface area contributed by atoms with Gasteiger partial charge in [0, 0.05) is 36.5 Å². The van der Waals surface area contributed by atoms with Crippen LogP contribution in [0.15, 0.2) is 60.7 Å². The summed E-state index contributed by atoms with van der Waals surface area (Å²) in [7, 11) is 1.99. The maximum Gasteiger partial charge on any atom is 0.377 e. The van der Waals surface area contributed by atoms with E-state index in [-0.39, 0.29) is 24.8 Å². The smallest absolute Gasteiger partial charge is 0.377 e. The molecular weight excluding hydrogens is 439 g/mol. The second kappa shape index (κ2) is 9.82. The SMILES string of the molecule is Cc1cc(OC[C@@H]2CN(C)c3ccccc3O2)cc(F)c1CNc1cccc(C(=O)C(=O)O)c1. The highest BCUT2D eigenvalue weighted by Crippen LogP contribution is 2.32. The van der Waals surface area contributed by atoms with E-state index in [0.717, 1.165) is 11.4 Å². The first-order chi connectivity index (χ1) is 16.3. The lowest BCUT2D eigenvalue weighted by Gasteiger charge is -2.33. The normalized spacial score (nSPS) is 14.7. The van der Waals surface area contributed by atoms with Gasteiger partial charge in [-0.1, -0.05) is 24.3 Å². The van der Waals surface area contributed by atoms with Crippen LogP contribution in [0, 0.1) is 12.7 Å². The van der Waals surface area contributed by atoms with E-state index >= 15 is 0 Å². The molecule has 0 aromatic heterocycles. The van der Waals surface area contributed by atoms with Crippen molar-refractivity contribution in [3.8, 4) is 11.5 Å². The first-order valence-electron chi connectivity index (χ1n) is 10.8. The van der Waals surface area contributed by atoms with Gasteiger partial charge >= 0.3 is 5.97 Å². The van der Waals surface area contributed by atoms with Crippen molar-refractivity contribution in [2.45, 2.75) is 19.6 Å². The minimum absolute atomic E-state index is 0.0524. The molecule has 0 spiro atoms. The fraction of sp³-hybridized carbons (Fsp3) is 0.231. The van der Waals surface area contributed by atoms with Gasteiger partial charge in [-0.15, -0.1) is 0 Å². The molecule has 0 unspecified atom stereocenters. The predicted molar refractivity (Wildman–Crippen MR) is 126 cm³/mol. The van der Waals surface area contributed by atoms with Gasteiger partial charge in [-0.2, -0.15) is 0 Å². The van der Waals surface area contributed by atoms with Gasteiger partial charge in [0.05, 0.1) is 12.2 Å². The molecule has 0 bridgehead atoms. The summed E-state index contributed by atoms with van der Waals surface area (Å²) in [6.45, 7) is 2.89.